The van der Waals surface area contributed by atoms with Crippen molar-refractivity contribution in [2.24, 2.45) is 11.8 Å². The fraction of sp³-hybridized carbons (Fsp3) is 0.688. The third-order valence-electron chi connectivity index (χ3n) is 4.66. The molecule has 0 saturated carbocycles. The van der Waals surface area contributed by atoms with E-state index >= 15 is 0 Å². The average Bonchev–Trinajstić information content (AvgIpc) is 2.83. The van der Waals surface area contributed by atoms with E-state index in [1.54, 1.807) is 5.01 Å². The van der Waals surface area contributed by atoms with E-state index in [1.165, 1.54) is 12.0 Å². The molecule has 128 valence electrons. The number of hydrogen-bond acceptors (Lipinski definition) is 6. The molecule has 23 heavy (non-hydrogen) atoms. The summed E-state index contributed by atoms with van der Waals surface area (Å²) in [6.07, 6.45) is 2.11. The Bertz CT molecular complexity index is 543. The number of allylic oxidation sites excluding steroid dienone is 1. The Morgan fingerprint density at radius 1 is 1.39 bits per heavy atom. The highest BCUT2D eigenvalue weighted by Crippen LogP contribution is 2.35. The number of carbonyl (C=O) groups excluding carboxylic acids is 3. The Hall–Kier alpha value is -1.89. The summed E-state index contributed by atoms with van der Waals surface area (Å²) >= 11 is 0. The van der Waals surface area contributed by atoms with Gasteiger partial charge in [-0.25, -0.2) is 5.43 Å². The van der Waals surface area contributed by atoms with Gasteiger partial charge in [-0.3, -0.25) is 14.4 Å². The first kappa shape index (κ1) is 17.5. The quantitative estimate of drug-likeness (QED) is 0.560. The zero-order chi connectivity index (χ0) is 17.3. The van der Waals surface area contributed by atoms with Crippen molar-refractivity contribution in [3.63, 3.8) is 0 Å². The van der Waals surface area contributed by atoms with Crippen molar-refractivity contribution in [2.45, 2.75) is 39.3 Å². The number of methoxy groups -OCH3 is 1. The van der Waals surface area contributed by atoms with Gasteiger partial charge in [0, 0.05) is 19.2 Å². The van der Waals surface area contributed by atoms with Gasteiger partial charge in [-0.1, -0.05) is 13.8 Å². The Kier molecular flexibility index (Phi) is 5.09. The normalized spacial score (nSPS) is 27.1. The van der Waals surface area contributed by atoms with Gasteiger partial charge in [0.05, 0.1) is 19.1 Å². The number of carbonyl (C=O) groups is 3. The molecule has 1 N–H and O–H groups in total. The topological polar surface area (TPSA) is 79.0 Å². The van der Waals surface area contributed by atoms with Crippen LogP contribution in [0, 0.1) is 11.8 Å². The lowest BCUT2D eigenvalue weighted by atomic mass is 9.76. The number of ether oxygens (including phenoxy) is 1. The van der Waals surface area contributed by atoms with E-state index in [4.69, 9.17) is 0 Å². The third-order valence-corrected chi connectivity index (χ3v) is 4.66. The lowest BCUT2D eigenvalue weighted by molar-refractivity contribution is -0.167. The van der Waals surface area contributed by atoms with Crippen LogP contribution >= 0.6 is 0 Å². The molecule has 0 aromatic carbocycles. The number of nitrogens with one attached hydrogen (secondary N) is 1. The number of hydrazine groups is 1. The number of Topliss-reactive ketones (excluding diaryl/α,β-unsaturated/α-hetero) is 1. The molecule has 0 radical (unpaired) electrons. The molecule has 0 aromatic rings. The zero-order valence-corrected chi connectivity index (χ0v) is 14.3. The van der Waals surface area contributed by atoms with Crippen molar-refractivity contribution in [1.29, 1.82) is 0 Å². The Balaban J connectivity index is 2.06. The predicted molar refractivity (Wildman–Crippen MR) is 83.9 cm³/mol. The van der Waals surface area contributed by atoms with Crippen LogP contribution in [0.4, 0.5) is 0 Å². The number of amides is 1. The Labute approximate surface area is 136 Å². The fourth-order valence-electron chi connectivity index (χ4n) is 3.20. The average molecular weight is 323 g/mol. The van der Waals surface area contributed by atoms with Gasteiger partial charge in [-0.15, -0.1) is 0 Å². The van der Waals surface area contributed by atoms with Crippen molar-refractivity contribution >= 4 is 17.7 Å². The summed E-state index contributed by atoms with van der Waals surface area (Å²) in [6.45, 7) is 5.75. The molecular formula is C16H25N3O4. The van der Waals surface area contributed by atoms with Gasteiger partial charge in [0.2, 0.25) is 5.91 Å². The van der Waals surface area contributed by atoms with Crippen molar-refractivity contribution < 1.29 is 19.1 Å². The van der Waals surface area contributed by atoms with Gasteiger partial charge in [-0.05, 0) is 18.9 Å². The van der Waals surface area contributed by atoms with Crippen LogP contribution < -0.4 is 5.43 Å². The number of hydrogen-bond donors (Lipinski definition) is 1. The highest BCUT2D eigenvalue weighted by molar-refractivity contribution is 5.93. The molecule has 1 saturated heterocycles. The van der Waals surface area contributed by atoms with Crippen LogP contribution in [-0.2, 0) is 19.1 Å². The van der Waals surface area contributed by atoms with E-state index in [-0.39, 0.29) is 48.6 Å². The lowest BCUT2D eigenvalue weighted by Gasteiger charge is -2.48. The Morgan fingerprint density at radius 2 is 2.04 bits per heavy atom. The van der Waals surface area contributed by atoms with Crippen LogP contribution in [0.1, 0.15) is 27.2 Å². The number of β-lactam (4-membered cyclic amide) rings is 1. The van der Waals surface area contributed by atoms with E-state index in [1.807, 2.05) is 33.9 Å². The molecule has 0 spiro atoms. The molecule has 1 amide bonds. The predicted octanol–water partition coefficient (Wildman–Crippen LogP) is 0.324. The minimum absolute atomic E-state index is 0.0201. The van der Waals surface area contributed by atoms with E-state index in [9.17, 15) is 14.4 Å². The van der Waals surface area contributed by atoms with E-state index < -0.39 is 5.97 Å². The van der Waals surface area contributed by atoms with Gasteiger partial charge in [0.25, 0.3) is 0 Å². The number of esters is 1. The summed E-state index contributed by atoms with van der Waals surface area (Å²) in [5.74, 6) is -0.607. The molecule has 2 aliphatic rings. The lowest BCUT2D eigenvalue weighted by Crippen LogP contribution is -2.64. The minimum atomic E-state index is -0.465. The molecule has 1 fully saturated rings. The molecule has 2 heterocycles. The van der Waals surface area contributed by atoms with Crippen LogP contribution in [0.2, 0.25) is 0 Å². The summed E-state index contributed by atoms with van der Waals surface area (Å²) in [7, 11) is 3.14. The zero-order valence-electron chi connectivity index (χ0n) is 14.3. The highest BCUT2D eigenvalue weighted by Gasteiger charge is 2.50. The van der Waals surface area contributed by atoms with Crippen LogP contribution in [0.3, 0.4) is 0 Å². The van der Waals surface area contributed by atoms with Gasteiger partial charge in [0.1, 0.15) is 12.6 Å². The SMILES string of the molecule is COC(=O)CN1C(=O)[C@H](C(C)C)[C@H]1CC(=O)C1C=C(C)N(C)N1. The molecule has 2 rings (SSSR count). The van der Waals surface area contributed by atoms with Gasteiger partial charge < -0.3 is 14.6 Å². The number of nitrogens with zero attached hydrogens (tertiary/aromatic N) is 2. The van der Waals surface area contributed by atoms with Gasteiger partial charge in [0.15, 0.2) is 5.78 Å². The molecule has 0 aromatic heterocycles. The molecule has 7 heteroatoms. The second-order valence-electron chi connectivity index (χ2n) is 6.52. The molecule has 7 nitrogen and oxygen atoms in total. The van der Waals surface area contributed by atoms with E-state index in [0.29, 0.717) is 0 Å². The van der Waals surface area contributed by atoms with E-state index in [2.05, 4.69) is 10.2 Å². The summed E-state index contributed by atoms with van der Waals surface area (Å²) < 4.78 is 4.64. The number of ketones is 1. The third kappa shape index (κ3) is 3.39. The summed E-state index contributed by atoms with van der Waals surface area (Å²) in [6, 6.07) is -0.612. The van der Waals surface area contributed by atoms with Crippen molar-refractivity contribution in [1.82, 2.24) is 15.3 Å². The first-order valence-corrected chi connectivity index (χ1v) is 7.84. The van der Waals surface area contributed by atoms with Gasteiger partial charge in [-0.2, -0.15) is 0 Å². The summed E-state index contributed by atoms with van der Waals surface area (Å²) in [5.41, 5.74) is 4.06. The largest absolute Gasteiger partial charge is 0.468 e. The molecule has 2 aliphatic heterocycles. The first-order valence-electron chi connectivity index (χ1n) is 7.84. The van der Waals surface area contributed by atoms with Crippen molar-refractivity contribution in [3.8, 4) is 0 Å². The minimum Gasteiger partial charge on any atom is -0.468 e. The van der Waals surface area contributed by atoms with Gasteiger partial charge >= 0.3 is 5.97 Å². The van der Waals surface area contributed by atoms with Crippen molar-refractivity contribution in [3.05, 3.63) is 11.8 Å². The summed E-state index contributed by atoms with van der Waals surface area (Å²) in [5, 5.41) is 1.81. The van der Waals surface area contributed by atoms with Crippen molar-refractivity contribution in [2.75, 3.05) is 20.7 Å². The monoisotopic (exact) mass is 323 g/mol. The molecule has 1 unspecified atom stereocenters. The molecule has 0 aliphatic carbocycles. The standard InChI is InChI=1S/C16H25N3O4/c1-9(2)15-12(19(16(15)22)8-14(21)23-5)7-13(20)11-6-10(3)18(4)17-11/h6,9,11-12,15,17H,7-8H2,1-5H3/t11?,12-,15-/m1/s1. The first-order chi connectivity index (χ1) is 10.8. The second-order valence-corrected chi connectivity index (χ2v) is 6.52. The maximum Gasteiger partial charge on any atom is 0.325 e. The number of rotatable bonds is 6. The van der Waals surface area contributed by atoms with Crippen LogP contribution in [0.25, 0.3) is 0 Å². The molecule has 3 atom stereocenters. The van der Waals surface area contributed by atoms with Crippen LogP contribution in [0.5, 0.6) is 0 Å². The highest BCUT2D eigenvalue weighted by atomic mass is 16.5. The maximum atomic E-state index is 12.5. The maximum absolute atomic E-state index is 12.5. The molecular weight excluding hydrogens is 298 g/mol. The fourth-order valence-corrected chi connectivity index (χ4v) is 3.20. The summed E-state index contributed by atoms with van der Waals surface area (Å²) in [4.78, 5) is 37.7. The van der Waals surface area contributed by atoms with E-state index in [0.717, 1.165) is 5.70 Å². The number of likely N-dealkylation sites (tertiary alicyclic amines) is 1. The second kappa shape index (κ2) is 6.70. The Morgan fingerprint density at radius 3 is 2.52 bits per heavy atom. The molecule has 0 bridgehead atoms. The van der Waals surface area contributed by atoms with Crippen LogP contribution in [0.15, 0.2) is 11.8 Å². The van der Waals surface area contributed by atoms with Crippen LogP contribution in [-0.4, -0.2) is 60.4 Å². The smallest absolute Gasteiger partial charge is 0.325 e.